The minimum atomic E-state index is -0.728. The summed E-state index contributed by atoms with van der Waals surface area (Å²) in [5.41, 5.74) is 2.55. The minimum Gasteiger partial charge on any atom is -0.496 e. The lowest BCUT2D eigenvalue weighted by Crippen LogP contribution is -2.26. The molecule has 2 atom stereocenters. The molecule has 0 aromatic heterocycles. The maximum Gasteiger partial charge on any atom is 0.128 e. The van der Waals surface area contributed by atoms with Crippen molar-refractivity contribution in [1.82, 2.24) is 0 Å². The van der Waals surface area contributed by atoms with Crippen LogP contribution in [-0.4, -0.2) is 23.2 Å². The number of aliphatic hydroxyl groups is 1. The third-order valence-electron chi connectivity index (χ3n) is 3.61. The second kappa shape index (κ2) is 4.54. The first-order valence-electron chi connectivity index (χ1n) is 5.96. The maximum atomic E-state index is 10.8. The van der Waals surface area contributed by atoms with Crippen LogP contribution in [-0.2, 0) is 5.60 Å². The summed E-state index contributed by atoms with van der Waals surface area (Å²) in [5.74, 6) is 1.61. The highest BCUT2D eigenvalue weighted by molar-refractivity contribution is 8.00. The Morgan fingerprint density at radius 2 is 2.12 bits per heavy atom. The lowest BCUT2D eigenvalue weighted by atomic mass is 9.88. The molecule has 1 aliphatic rings. The Morgan fingerprint density at radius 3 is 2.65 bits per heavy atom. The smallest absolute Gasteiger partial charge is 0.128 e. The standard InChI is InChI=1S/C14H20O2S/c1-9-5-6-12(13(16-4)11(9)3)14(15)7-10(2)17-8-14/h5-6,10,15H,7-8H2,1-4H3. The van der Waals surface area contributed by atoms with E-state index in [1.807, 2.05) is 24.8 Å². The van der Waals surface area contributed by atoms with Crippen molar-refractivity contribution < 1.29 is 9.84 Å². The molecule has 1 aromatic carbocycles. The Labute approximate surface area is 107 Å². The van der Waals surface area contributed by atoms with Crippen LogP contribution in [0, 0.1) is 13.8 Å². The van der Waals surface area contributed by atoms with Crippen LogP contribution in [0.4, 0.5) is 0 Å². The predicted molar refractivity (Wildman–Crippen MR) is 72.9 cm³/mol. The van der Waals surface area contributed by atoms with Crippen LogP contribution in [0.3, 0.4) is 0 Å². The third-order valence-corrected chi connectivity index (χ3v) is 4.99. The van der Waals surface area contributed by atoms with Crippen molar-refractivity contribution in [3.05, 3.63) is 28.8 Å². The van der Waals surface area contributed by atoms with Gasteiger partial charge in [-0.1, -0.05) is 19.1 Å². The van der Waals surface area contributed by atoms with Crippen LogP contribution in [0.2, 0.25) is 0 Å². The van der Waals surface area contributed by atoms with Gasteiger partial charge in [0.1, 0.15) is 11.4 Å². The van der Waals surface area contributed by atoms with Gasteiger partial charge in [0, 0.05) is 16.6 Å². The SMILES string of the molecule is COc1c(C2(O)CSC(C)C2)ccc(C)c1C. The molecule has 2 rings (SSSR count). The van der Waals surface area contributed by atoms with Crippen LogP contribution in [0.25, 0.3) is 0 Å². The first-order chi connectivity index (χ1) is 7.98. The molecule has 0 radical (unpaired) electrons. The van der Waals surface area contributed by atoms with Crippen LogP contribution in [0.1, 0.15) is 30.0 Å². The molecule has 1 saturated heterocycles. The van der Waals surface area contributed by atoms with E-state index in [1.165, 1.54) is 5.56 Å². The molecule has 0 aliphatic carbocycles. The van der Waals surface area contributed by atoms with Gasteiger partial charge in [0.05, 0.1) is 7.11 Å². The number of methoxy groups -OCH3 is 1. The van der Waals surface area contributed by atoms with E-state index in [0.29, 0.717) is 5.25 Å². The molecule has 94 valence electrons. The van der Waals surface area contributed by atoms with Gasteiger partial charge < -0.3 is 9.84 Å². The van der Waals surface area contributed by atoms with Gasteiger partial charge in [-0.3, -0.25) is 0 Å². The summed E-state index contributed by atoms with van der Waals surface area (Å²) < 4.78 is 5.50. The van der Waals surface area contributed by atoms with Crippen molar-refractivity contribution >= 4 is 11.8 Å². The van der Waals surface area contributed by atoms with E-state index < -0.39 is 5.60 Å². The zero-order valence-corrected chi connectivity index (χ0v) is 11.7. The largest absolute Gasteiger partial charge is 0.496 e. The number of ether oxygens (including phenoxy) is 1. The second-order valence-corrected chi connectivity index (χ2v) is 6.37. The van der Waals surface area contributed by atoms with Gasteiger partial charge in [-0.25, -0.2) is 0 Å². The summed E-state index contributed by atoms with van der Waals surface area (Å²) >= 11 is 1.82. The first kappa shape index (κ1) is 12.8. The highest BCUT2D eigenvalue weighted by Gasteiger charge is 2.39. The van der Waals surface area contributed by atoms with Gasteiger partial charge in [0.15, 0.2) is 0 Å². The summed E-state index contributed by atoms with van der Waals surface area (Å²) in [7, 11) is 1.68. The normalized spacial score (nSPS) is 28.4. The molecular formula is C14H20O2S. The van der Waals surface area contributed by atoms with Crippen LogP contribution in [0.5, 0.6) is 5.75 Å². The highest BCUT2D eigenvalue weighted by atomic mass is 32.2. The average Bonchev–Trinajstić information content (AvgIpc) is 2.63. The number of hydrogen-bond acceptors (Lipinski definition) is 3. The number of rotatable bonds is 2. The van der Waals surface area contributed by atoms with E-state index in [-0.39, 0.29) is 0 Å². The van der Waals surface area contributed by atoms with E-state index in [0.717, 1.165) is 29.1 Å². The topological polar surface area (TPSA) is 29.5 Å². The molecule has 0 saturated carbocycles. The molecular weight excluding hydrogens is 232 g/mol. The van der Waals surface area contributed by atoms with Crippen molar-refractivity contribution in [2.75, 3.05) is 12.9 Å². The van der Waals surface area contributed by atoms with Crippen molar-refractivity contribution in [3.8, 4) is 5.75 Å². The highest BCUT2D eigenvalue weighted by Crippen LogP contribution is 2.45. The fourth-order valence-corrected chi connectivity index (χ4v) is 3.71. The lowest BCUT2D eigenvalue weighted by Gasteiger charge is -2.26. The van der Waals surface area contributed by atoms with E-state index in [9.17, 15) is 5.11 Å². The van der Waals surface area contributed by atoms with E-state index in [2.05, 4.69) is 19.9 Å². The quantitative estimate of drug-likeness (QED) is 0.877. The zero-order chi connectivity index (χ0) is 12.6. The molecule has 1 heterocycles. The predicted octanol–water partition coefficient (Wildman–Crippen LogP) is 3.03. The summed E-state index contributed by atoms with van der Waals surface area (Å²) in [4.78, 5) is 0. The van der Waals surface area contributed by atoms with Gasteiger partial charge in [0.2, 0.25) is 0 Å². The molecule has 1 fully saturated rings. The van der Waals surface area contributed by atoms with Crippen molar-refractivity contribution in [1.29, 1.82) is 0 Å². The summed E-state index contributed by atoms with van der Waals surface area (Å²) in [6, 6.07) is 4.08. The molecule has 1 aromatic rings. The summed E-state index contributed by atoms with van der Waals surface area (Å²) in [6.07, 6.45) is 0.802. The minimum absolute atomic E-state index is 0.506. The van der Waals surface area contributed by atoms with Gasteiger partial charge in [-0.05, 0) is 31.4 Å². The van der Waals surface area contributed by atoms with E-state index >= 15 is 0 Å². The molecule has 0 bridgehead atoms. The number of benzene rings is 1. The second-order valence-electron chi connectivity index (χ2n) is 4.95. The Kier molecular flexibility index (Phi) is 3.41. The van der Waals surface area contributed by atoms with Crippen LogP contribution >= 0.6 is 11.8 Å². The molecule has 1 aliphatic heterocycles. The Bertz CT molecular complexity index is 430. The van der Waals surface area contributed by atoms with Crippen LogP contribution < -0.4 is 4.74 Å². The van der Waals surface area contributed by atoms with E-state index in [1.54, 1.807) is 7.11 Å². The fourth-order valence-electron chi connectivity index (χ4n) is 2.48. The Morgan fingerprint density at radius 1 is 1.41 bits per heavy atom. The molecule has 1 N–H and O–H groups in total. The molecule has 3 heteroatoms. The summed E-state index contributed by atoms with van der Waals surface area (Å²) in [5, 5.41) is 11.3. The monoisotopic (exact) mass is 252 g/mol. The molecule has 17 heavy (non-hydrogen) atoms. The van der Waals surface area contributed by atoms with Gasteiger partial charge in [0.25, 0.3) is 0 Å². The molecule has 2 unspecified atom stereocenters. The first-order valence-corrected chi connectivity index (χ1v) is 7.01. The lowest BCUT2D eigenvalue weighted by molar-refractivity contribution is 0.0584. The van der Waals surface area contributed by atoms with Gasteiger partial charge in [-0.2, -0.15) is 11.8 Å². The fraction of sp³-hybridized carbons (Fsp3) is 0.571. The molecule has 0 spiro atoms. The number of aryl methyl sites for hydroxylation is 1. The van der Waals surface area contributed by atoms with Crippen molar-refractivity contribution in [2.45, 2.75) is 38.0 Å². The Hall–Kier alpha value is -0.670. The van der Waals surface area contributed by atoms with Gasteiger partial charge >= 0.3 is 0 Å². The number of hydrogen-bond donors (Lipinski definition) is 1. The van der Waals surface area contributed by atoms with Crippen molar-refractivity contribution in [2.24, 2.45) is 0 Å². The van der Waals surface area contributed by atoms with Gasteiger partial charge in [-0.15, -0.1) is 0 Å². The van der Waals surface area contributed by atoms with E-state index in [4.69, 9.17) is 4.74 Å². The third kappa shape index (κ3) is 2.18. The number of thioether (sulfide) groups is 1. The molecule has 0 amide bonds. The average molecular weight is 252 g/mol. The maximum absolute atomic E-state index is 10.8. The Balaban J connectivity index is 2.49. The van der Waals surface area contributed by atoms with Crippen molar-refractivity contribution in [3.63, 3.8) is 0 Å². The van der Waals surface area contributed by atoms with Crippen LogP contribution in [0.15, 0.2) is 12.1 Å². The summed E-state index contributed by atoms with van der Waals surface area (Å²) in [6.45, 7) is 6.28. The zero-order valence-electron chi connectivity index (χ0n) is 10.9. The molecule has 2 nitrogen and oxygen atoms in total.